The van der Waals surface area contributed by atoms with E-state index in [9.17, 15) is 27.9 Å². The van der Waals surface area contributed by atoms with Crippen LogP contribution in [-0.4, -0.2) is 39.6 Å². The zero-order valence-corrected chi connectivity index (χ0v) is 20.4. The first-order valence-corrected chi connectivity index (χ1v) is 11.0. The summed E-state index contributed by atoms with van der Waals surface area (Å²) in [5.74, 6) is -1.67. The molecule has 0 atom stereocenters. The first kappa shape index (κ1) is 27.5. The Labute approximate surface area is 215 Å². The van der Waals surface area contributed by atoms with Crippen LogP contribution in [0.3, 0.4) is 0 Å². The van der Waals surface area contributed by atoms with Crippen molar-refractivity contribution in [3.05, 3.63) is 75.6 Å². The van der Waals surface area contributed by atoms with Gasteiger partial charge >= 0.3 is 6.18 Å². The van der Waals surface area contributed by atoms with E-state index in [1.807, 2.05) is 0 Å². The maximum absolute atomic E-state index is 14.1. The summed E-state index contributed by atoms with van der Waals surface area (Å²) in [5.41, 5.74) is 5.66. The Morgan fingerprint density at radius 1 is 1.14 bits per heavy atom. The van der Waals surface area contributed by atoms with Crippen molar-refractivity contribution >= 4 is 30.1 Å². The molecule has 9 nitrogen and oxygen atoms in total. The van der Waals surface area contributed by atoms with Gasteiger partial charge in [0.05, 0.1) is 11.3 Å². The maximum Gasteiger partial charge on any atom is 0.418 e. The molecule has 196 valence electrons. The van der Waals surface area contributed by atoms with Crippen LogP contribution in [0.1, 0.15) is 55.2 Å². The van der Waals surface area contributed by atoms with E-state index in [2.05, 4.69) is 15.7 Å². The maximum atomic E-state index is 14.1. The molecule has 2 aromatic carbocycles. The second-order valence-electron chi connectivity index (χ2n) is 8.29. The number of phenols is 1. The minimum Gasteiger partial charge on any atom is -0.508 e. The number of amides is 2. The minimum absolute atomic E-state index is 0. The van der Waals surface area contributed by atoms with Crippen LogP contribution in [0.4, 0.5) is 13.2 Å². The molecule has 4 rings (SSSR count). The third kappa shape index (κ3) is 5.38. The van der Waals surface area contributed by atoms with E-state index < -0.39 is 23.6 Å². The summed E-state index contributed by atoms with van der Waals surface area (Å²) in [6.45, 7) is -0.197. The Morgan fingerprint density at radius 2 is 1.84 bits per heavy atom. The number of carbonyl (C=O) groups is 2. The lowest BCUT2D eigenvalue weighted by atomic mass is 10.1. The SMILES string of the molecule is CNC(=O)c1nn(-c2ccc(C(=O)NCc3cc(C(=N)N)ccc3O)cc2C(F)(F)F)c2c1CCC2.Cl. The van der Waals surface area contributed by atoms with Gasteiger partial charge in [0.15, 0.2) is 5.69 Å². The van der Waals surface area contributed by atoms with Crippen molar-refractivity contribution in [1.82, 2.24) is 20.4 Å². The average molecular weight is 537 g/mol. The lowest BCUT2D eigenvalue weighted by Crippen LogP contribution is -2.24. The lowest BCUT2D eigenvalue weighted by Gasteiger charge is -2.16. The molecular weight excluding hydrogens is 513 g/mol. The van der Waals surface area contributed by atoms with Crippen molar-refractivity contribution in [3.63, 3.8) is 0 Å². The summed E-state index contributed by atoms with van der Waals surface area (Å²) in [4.78, 5) is 24.9. The molecular formula is C24H24ClF3N6O3. The van der Waals surface area contributed by atoms with E-state index >= 15 is 0 Å². The van der Waals surface area contributed by atoms with Gasteiger partial charge in [-0.1, -0.05) is 0 Å². The predicted octanol–water partition coefficient (Wildman–Crippen LogP) is 3.08. The smallest absolute Gasteiger partial charge is 0.418 e. The normalized spacial score (nSPS) is 12.4. The quantitative estimate of drug-likeness (QED) is 0.243. The van der Waals surface area contributed by atoms with Gasteiger partial charge in [0, 0.05) is 41.5 Å². The van der Waals surface area contributed by atoms with Gasteiger partial charge in [0.25, 0.3) is 11.8 Å². The van der Waals surface area contributed by atoms with Crippen LogP contribution < -0.4 is 16.4 Å². The zero-order valence-electron chi connectivity index (χ0n) is 19.6. The number of phenolic OH excluding ortho intramolecular Hbond substituents is 1. The van der Waals surface area contributed by atoms with E-state index in [1.54, 1.807) is 0 Å². The molecule has 3 aromatic rings. The van der Waals surface area contributed by atoms with Gasteiger partial charge < -0.3 is 21.5 Å². The molecule has 0 spiro atoms. The Hall–Kier alpha value is -4.06. The summed E-state index contributed by atoms with van der Waals surface area (Å²) >= 11 is 0. The molecule has 1 heterocycles. The average Bonchev–Trinajstić information content (AvgIpc) is 3.45. The third-order valence-electron chi connectivity index (χ3n) is 5.99. The monoisotopic (exact) mass is 536 g/mol. The lowest BCUT2D eigenvalue weighted by molar-refractivity contribution is -0.137. The number of hydrogen-bond donors (Lipinski definition) is 5. The molecule has 0 saturated heterocycles. The highest BCUT2D eigenvalue weighted by atomic mass is 35.5. The Morgan fingerprint density at radius 3 is 2.49 bits per heavy atom. The highest BCUT2D eigenvalue weighted by Crippen LogP contribution is 2.37. The van der Waals surface area contributed by atoms with Gasteiger partial charge in [-0.05, 0) is 55.7 Å². The number of nitrogens with one attached hydrogen (secondary N) is 3. The van der Waals surface area contributed by atoms with Crippen molar-refractivity contribution in [2.45, 2.75) is 32.0 Å². The molecule has 2 amide bonds. The third-order valence-corrected chi connectivity index (χ3v) is 5.99. The standard InChI is InChI=1S/C24H23F3N6O3.ClH/c1-30-23(36)20-15-3-2-4-17(15)33(32-20)18-7-5-13(10-16(18)24(25,26)27)22(35)31-11-14-9-12(21(28)29)6-8-19(14)34;/h5-10,34H,2-4,11H2,1H3,(H3,28,29)(H,30,36)(H,31,35);1H. The van der Waals surface area contributed by atoms with Crippen molar-refractivity contribution in [2.75, 3.05) is 7.05 Å². The topological polar surface area (TPSA) is 146 Å². The van der Waals surface area contributed by atoms with Crippen LogP contribution >= 0.6 is 12.4 Å². The number of nitrogens with zero attached hydrogens (tertiary/aromatic N) is 2. The molecule has 0 saturated carbocycles. The number of fused-ring (bicyclic) bond motifs is 1. The molecule has 0 radical (unpaired) electrons. The summed E-state index contributed by atoms with van der Waals surface area (Å²) in [7, 11) is 1.42. The summed E-state index contributed by atoms with van der Waals surface area (Å²) in [5, 5.41) is 26.6. The van der Waals surface area contributed by atoms with E-state index in [4.69, 9.17) is 11.1 Å². The molecule has 1 aliphatic carbocycles. The fourth-order valence-electron chi connectivity index (χ4n) is 4.20. The van der Waals surface area contributed by atoms with Gasteiger partial charge in [-0.3, -0.25) is 15.0 Å². The van der Waals surface area contributed by atoms with Crippen LogP contribution in [-0.2, 0) is 25.6 Å². The van der Waals surface area contributed by atoms with Crippen molar-refractivity contribution in [1.29, 1.82) is 5.41 Å². The van der Waals surface area contributed by atoms with Gasteiger partial charge in [-0.15, -0.1) is 12.4 Å². The second kappa shape index (κ2) is 10.5. The molecule has 1 aliphatic rings. The number of hydrogen-bond acceptors (Lipinski definition) is 5. The number of nitrogens with two attached hydrogens (primary N) is 1. The fourth-order valence-corrected chi connectivity index (χ4v) is 4.20. The van der Waals surface area contributed by atoms with Gasteiger partial charge in [0.2, 0.25) is 0 Å². The minimum atomic E-state index is -4.80. The number of aromatic hydroxyl groups is 1. The number of nitrogen functional groups attached to an aromatic ring is 1. The molecule has 0 unspecified atom stereocenters. The number of alkyl halides is 3. The molecule has 0 bridgehead atoms. The van der Waals surface area contributed by atoms with E-state index in [0.717, 1.165) is 16.8 Å². The predicted molar refractivity (Wildman–Crippen MR) is 132 cm³/mol. The van der Waals surface area contributed by atoms with E-state index in [0.29, 0.717) is 36.1 Å². The van der Waals surface area contributed by atoms with Crippen molar-refractivity contribution < 1.29 is 27.9 Å². The number of rotatable bonds is 6. The molecule has 37 heavy (non-hydrogen) atoms. The van der Waals surface area contributed by atoms with Crippen LogP contribution in [0.15, 0.2) is 36.4 Å². The molecule has 1 aromatic heterocycles. The first-order valence-electron chi connectivity index (χ1n) is 11.0. The van der Waals surface area contributed by atoms with Crippen LogP contribution in [0, 0.1) is 5.41 Å². The van der Waals surface area contributed by atoms with E-state index in [-0.39, 0.29) is 53.0 Å². The van der Waals surface area contributed by atoms with Crippen LogP contribution in [0.2, 0.25) is 0 Å². The molecule has 0 fully saturated rings. The molecule has 0 aliphatic heterocycles. The van der Waals surface area contributed by atoms with E-state index in [1.165, 1.54) is 31.3 Å². The largest absolute Gasteiger partial charge is 0.508 e. The highest BCUT2D eigenvalue weighted by Gasteiger charge is 2.37. The first-order chi connectivity index (χ1) is 17.0. The molecule has 6 N–H and O–H groups in total. The van der Waals surface area contributed by atoms with Gasteiger partial charge in [-0.2, -0.15) is 18.3 Å². The molecule has 13 heteroatoms. The van der Waals surface area contributed by atoms with Crippen LogP contribution in [0.25, 0.3) is 5.69 Å². The second-order valence-corrected chi connectivity index (χ2v) is 8.29. The zero-order chi connectivity index (χ0) is 26.2. The van der Waals surface area contributed by atoms with Crippen LogP contribution in [0.5, 0.6) is 5.75 Å². The van der Waals surface area contributed by atoms with Gasteiger partial charge in [0.1, 0.15) is 11.6 Å². The highest BCUT2D eigenvalue weighted by molar-refractivity contribution is 5.96. The summed E-state index contributed by atoms with van der Waals surface area (Å²) in [6, 6.07) is 7.28. The Bertz CT molecular complexity index is 1390. The number of benzene rings is 2. The number of aromatic nitrogens is 2. The van der Waals surface area contributed by atoms with Crippen molar-refractivity contribution in [3.8, 4) is 11.4 Å². The Balaban J connectivity index is 0.00000380. The summed E-state index contributed by atoms with van der Waals surface area (Å²) < 4.78 is 43.3. The Kier molecular flexibility index (Phi) is 7.82. The number of amidine groups is 1. The fraction of sp³-hybridized carbons (Fsp3) is 0.250. The number of halogens is 4. The van der Waals surface area contributed by atoms with Crippen molar-refractivity contribution in [2.24, 2.45) is 5.73 Å². The summed E-state index contributed by atoms with van der Waals surface area (Å²) in [6.07, 6.45) is -3.10. The van der Waals surface area contributed by atoms with Gasteiger partial charge in [-0.25, -0.2) is 4.68 Å². The number of carbonyl (C=O) groups excluding carboxylic acids is 2.